The van der Waals surface area contributed by atoms with E-state index in [4.69, 9.17) is 9.97 Å². The van der Waals surface area contributed by atoms with Gasteiger partial charge < -0.3 is 21.3 Å². The number of benzene rings is 3. The summed E-state index contributed by atoms with van der Waals surface area (Å²) in [4.78, 5) is 9.94. The lowest BCUT2D eigenvalue weighted by Gasteiger charge is -2.10. The molecule has 0 radical (unpaired) electrons. The molecule has 3 aromatic carbocycles. The molecule has 0 bridgehead atoms. The molecule has 0 aliphatic rings. The topological polar surface area (TPSA) is 73.9 Å². The summed E-state index contributed by atoms with van der Waals surface area (Å²) in [6.45, 7) is 4.88. The van der Waals surface area contributed by atoms with Crippen LogP contribution in [0.4, 0.5) is 11.4 Å². The number of aromatic nitrogens is 2. The van der Waals surface area contributed by atoms with Crippen molar-refractivity contribution in [1.29, 1.82) is 0 Å². The highest BCUT2D eigenvalue weighted by molar-refractivity contribution is 6.02. The molecule has 36 heavy (non-hydrogen) atoms. The Kier molecular flexibility index (Phi) is 7.98. The minimum atomic E-state index is 0.721. The fourth-order valence-corrected chi connectivity index (χ4v) is 4.18. The van der Waals surface area contributed by atoms with Gasteiger partial charge >= 0.3 is 0 Å². The van der Waals surface area contributed by atoms with Crippen LogP contribution in [0.3, 0.4) is 0 Å². The second-order valence-electron chi connectivity index (χ2n) is 8.75. The highest BCUT2D eigenvalue weighted by atomic mass is 15.0. The molecule has 0 aliphatic carbocycles. The number of hydrogen-bond donors (Lipinski definition) is 4. The third-order valence-corrected chi connectivity index (χ3v) is 6.06. The van der Waals surface area contributed by atoms with Crippen molar-refractivity contribution in [2.24, 2.45) is 0 Å². The fourth-order valence-electron chi connectivity index (χ4n) is 4.18. The molecular formula is C30H32N6. The Morgan fingerprint density at radius 1 is 0.444 bits per heavy atom. The summed E-state index contributed by atoms with van der Waals surface area (Å²) in [5, 5.41) is 16.0. The van der Waals surface area contributed by atoms with Crippen molar-refractivity contribution in [3.8, 4) is 0 Å². The number of hydrogen-bond acceptors (Lipinski definition) is 6. The van der Waals surface area contributed by atoms with Gasteiger partial charge in [-0.3, -0.25) is 0 Å². The van der Waals surface area contributed by atoms with E-state index in [2.05, 4.69) is 81.9 Å². The molecule has 0 aliphatic heterocycles. The van der Waals surface area contributed by atoms with Crippen molar-refractivity contribution < 1.29 is 0 Å². The third kappa shape index (κ3) is 6.36. The molecular weight excluding hydrogens is 444 g/mol. The molecule has 6 heteroatoms. The molecule has 0 amide bonds. The van der Waals surface area contributed by atoms with E-state index in [9.17, 15) is 0 Å². The van der Waals surface area contributed by atoms with Gasteiger partial charge in [0.1, 0.15) is 0 Å². The maximum absolute atomic E-state index is 4.97. The maximum atomic E-state index is 4.97. The molecule has 0 spiro atoms. The van der Waals surface area contributed by atoms with Crippen molar-refractivity contribution in [2.75, 3.05) is 36.8 Å². The average Bonchev–Trinajstić information content (AvgIpc) is 2.93. The molecule has 0 unspecified atom stereocenters. The molecule has 0 fully saturated rings. The maximum Gasteiger partial charge on any atom is 0.0968 e. The highest BCUT2D eigenvalue weighted by Crippen LogP contribution is 2.23. The van der Waals surface area contributed by atoms with Crippen molar-refractivity contribution in [2.45, 2.75) is 13.1 Å². The largest absolute Gasteiger partial charge is 0.384 e. The minimum Gasteiger partial charge on any atom is -0.384 e. The summed E-state index contributed by atoms with van der Waals surface area (Å²) >= 11 is 0. The zero-order valence-corrected chi connectivity index (χ0v) is 20.4. The van der Waals surface area contributed by atoms with Gasteiger partial charge in [0.05, 0.1) is 22.4 Å². The van der Waals surface area contributed by atoms with Crippen LogP contribution in [0.2, 0.25) is 0 Å². The zero-order chi connectivity index (χ0) is 24.4. The quantitative estimate of drug-likeness (QED) is 0.147. The van der Waals surface area contributed by atoms with E-state index >= 15 is 0 Å². The van der Waals surface area contributed by atoms with E-state index in [1.54, 1.807) is 0 Å². The molecule has 5 rings (SSSR count). The Labute approximate surface area is 212 Å². The van der Waals surface area contributed by atoms with Crippen LogP contribution in [0, 0.1) is 0 Å². The van der Waals surface area contributed by atoms with Crippen LogP contribution >= 0.6 is 0 Å². The zero-order valence-electron chi connectivity index (χ0n) is 20.4. The average molecular weight is 477 g/mol. The molecule has 4 N–H and O–H groups in total. The fraction of sp³-hybridized carbons (Fsp3) is 0.200. The van der Waals surface area contributed by atoms with E-state index in [1.165, 1.54) is 0 Å². The number of rotatable bonds is 12. The van der Waals surface area contributed by atoms with Crippen LogP contribution in [-0.4, -0.2) is 36.1 Å². The van der Waals surface area contributed by atoms with Crippen LogP contribution in [0.15, 0.2) is 97.1 Å². The second kappa shape index (κ2) is 12.1. The first-order chi connectivity index (χ1) is 17.8. The standard InChI is InChI=1S/C30H32N6/c1-3-7-25(8-4-1)33-19-17-31-21-27-15-13-23-11-12-24-14-16-28(36-30(24)29(23)35-27)22-32-18-20-34-26-9-5-2-6-10-26/h1-16,31-34H,17-22H2. The predicted octanol–water partition coefficient (Wildman–Crippen LogP) is 5.19. The van der Waals surface area contributed by atoms with Crippen molar-refractivity contribution >= 4 is 33.2 Å². The van der Waals surface area contributed by atoms with Crippen LogP contribution in [0.25, 0.3) is 21.8 Å². The Balaban J connectivity index is 1.18. The number of pyridine rings is 2. The van der Waals surface area contributed by atoms with Gasteiger partial charge in [0.2, 0.25) is 0 Å². The first-order valence-electron chi connectivity index (χ1n) is 12.5. The molecule has 0 saturated heterocycles. The molecule has 2 heterocycles. The van der Waals surface area contributed by atoms with Crippen molar-refractivity contribution in [3.05, 3.63) is 108 Å². The normalized spacial score (nSPS) is 11.1. The Morgan fingerprint density at radius 2 is 0.861 bits per heavy atom. The van der Waals surface area contributed by atoms with Gasteiger partial charge in [0, 0.05) is 61.4 Å². The summed E-state index contributed by atoms with van der Waals surface area (Å²) in [5.41, 5.74) is 6.24. The first kappa shape index (κ1) is 23.7. The smallest absolute Gasteiger partial charge is 0.0968 e. The number of para-hydroxylation sites is 2. The van der Waals surface area contributed by atoms with Gasteiger partial charge in [-0.15, -0.1) is 0 Å². The highest BCUT2D eigenvalue weighted by Gasteiger charge is 2.07. The summed E-state index contributed by atoms with van der Waals surface area (Å²) < 4.78 is 0. The van der Waals surface area contributed by atoms with E-state index in [1.807, 2.05) is 36.4 Å². The van der Waals surface area contributed by atoms with E-state index < -0.39 is 0 Å². The molecule has 0 saturated carbocycles. The lowest BCUT2D eigenvalue weighted by atomic mass is 10.1. The summed E-state index contributed by atoms with van der Waals surface area (Å²) in [7, 11) is 0. The van der Waals surface area contributed by atoms with E-state index in [0.717, 1.165) is 83.8 Å². The van der Waals surface area contributed by atoms with Gasteiger partial charge in [0.25, 0.3) is 0 Å². The van der Waals surface area contributed by atoms with Gasteiger partial charge in [0.15, 0.2) is 0 Å². The van der Waals surface area contributed by atoms with Gasteiger partial charge in [-0.1, -0.05) is 60.7 Å². The van der Waals surface area contributed by atoms with Gasteiger partial charge in [-0.25, -0.2) is 9.97 Å². The van der Waals surface area contributed by atoms with E-state index in [0.29, 0.717) is 0 Å². The summed E-state index contributed by atoms with van der Waals surface area (Å²) in [5.74, 6) is 0. The number of fused-ring (bicyclic) bond motifs is 3. The predicted molar refractivity (Wildman–Crippen MR) is 150 cm³/mol. The van der Waals surface area contributed by atoms with E-state index in [-0.39, 0.29) is 0 Å². The number of nitrogens with zero attached hydrogens (tertiary/aromatic N) is 2. The minimum absolute atomic E-state index is 0.721. The monoisotopic (exact) mass is 476 g/mol. The molecule has 2 aromatic heterocycles. The number of nitrogens with one attached hydrogen (secondary N) is 4. The van der Waals surface area contributed by atoms with Crippen LogP contribution < -0.4 is 21.3 Å². The second-order valence-corrected chi connectivity index (χ2v) is 8.75. The molecule has 0 atom stereocenters. The molecule has 182 valence electrons. The first-order valence-corrected chi connectivity index (χ1v) is 12.5. The molecule has 6 nitrogen and oxygen atoms in total. The van der Waals surface area contributed by atoms with Crippen molar-refractivity contribution in [3.63, 3.8) is 0 Å². The lowest BCUT2D eigenvalue weighted by Crippen LogP contribution is -2.22. The summed E-state index contributed by atoms with van der Waals surface area (Å²) in [6, 6.07) is 33.2. The van der Waals surface area contributed by atoms with Gasteiger partial charge in [-0.2, -0.15) is 0 Å². The van der Waals surface area contributed by atoms with Crippen LogP contribution in [0.5, 0.6) is 0 Å². The molecule has 5 aromatic rings. The Hall–Kier alpha value is -4.00. The summed E-state index contributed by atoms with van der Waals surface area (Å²) in [6.07, 6.45) is 0. The van der Waals surface area contributed by atoms with Crippen LogP contribution in [0.1, 0.15) is 11.4 Å². The Morgan fingerprint density at radius 3 is 1.31 bits per heavy atom. The Bertz CT molecular complexity index is 1280. The van der Waals surface area contributed by atoms with Gasteiger partial charge in [-0.05, 0) is 36.4 Å². The SMILES string of the molecule is c1ccc(NCCNCc2ccc3ccc4ccc(CNCCNc5ccccc5)nc4c3n2)cc1. The lowest BCUT2D eigenvalue weighted by molar-refractivity contribution is 0.694. The third-order valence-electron chi connectivity index (χ3n) is 6.06. The number of anilines is 2. The van der Waals surface area contributed by atoms with Crippen LogP contribution in [-0.2, 0) is 13.1 Å². The van der Waals surface area contributed by atoms with Crippen molar-refractivity contribution in [1.82, 2.24) is 20.6 Å².